The minimum absolute atomic E-state index is 0.104. The molecule has 0 fully saturated rings. The van der Waals surface area contributed by atoms with Crippen LogP contribution in [0.25, 0.3) is 11.0 Å². The number of phenols is 1. The van der Waals surface area contributed by atoms with Gasteiger partial charge in [0.1, 0.15) is 11.3 Å². The van der Waals surface area contributed by atoms with Crippen LogP contribution in [0, 0.1) is 6.92 Å². The van der Waals surface area contributed by atoms with Crippen molar-refractivity contribution in [3.8, 4) is 5.75 Å². The highest BCUT2D eigenvalue weighted by Crippen LogP contribution is 2.23. The number of hydrogen-bond acceptors (Lipinski definition) is 3. The lowest BCUT2D eigenvalue weighted by Crippen LogP contribution is -1.89. The molecule has 0 unspecified atom stereocenters. The van der Waals surface area contributed by atoms with Crippen molar-refractivity contribution in [2.24, 2.45) is 0 Å². The number of benzene rings is 1. The molecule has 0 amide bonds. The lowest BCUT2D eigenvalue weighted by atomic mass is 10.3. The standard InChI is InChI=1S/C9H7ClN2O/c1-5-9(10)12-8-6(11-5)3-2-4-7(8)13/h2-4,13H,1H3. The summed E-state index contributed by atoms with van der Waals surface area (Å²) in [6.45, 7) is 1.78. The third-order valence-electron chi connectivity index (χ3n) is 1.79. The Morgan fingerprint density at radius 2 is 2.08 bits per heavy atom. The van der Waals surface area contributed by atoms with Gasteiger partial charge in [0.05, 0.1) is 11.2 Å². The third kappa shape index (κ3) is 1.31. The number of para-hydroxylation sites is 1. The number of hydrogen-bond donors (Lipinski definition) is 1. The number of aryl methyl sites for hydroxylation is 1. The van der Waals surface area contributed by atoms with Gasteiger partial charge >= 0.3 is 0 Å². The fourth-order valence-electron chi connectivity index (χ4n) is 1.13. The second kappa shape index (κ2) is 2.85. The van der Waals surface area contributed by atoms with E-state index in [0.717, 1.165) is 0 Å². The zero-order valence-electron chi connectivity index (χ0n) is 6.95. The molecule has 1 N–H and O–H groups in total. The molecule has 1 aromatic carbocycles. The second-order valence-electron chi connectivity index (χ2n) is 2.74. The van der Waals surface area contributed by atoms with E-state index in [2.05, 4.69) is 9.97 Å². The highest BCUT2D eigenvalue weighted by molar-refractivity contribution is 6.30. The first-order valence-electron chi connectivity index (χ1n) is 3.80. The van der Waals surface area contributed by atoms with Crippen LogP contribution in [0.15, 0.2) is 18.2 Å². The summed E-state index contributed by atoms with van der Waals surface area (Å²) < 4.78 is 0. The summed E-state index contributed by atoms with van der Waals surface area (Å²) in [6, 6.07) is 5.06. The molecule has 0 bridgehead atoms. The monoisotopic (exact) mass is 194 g/mol. The second-order valence-corrected chi connectivity index (χ2v) is 3.10. The number of fused-ring (bicyclic) bond motifs is 1. The first-order valence-corrected chi connectivity index (χ1v) is 4.18. The SMILES string of the molecule is Cc1nc2cccc(O)c2nc1Cl. The third-order valence-corrected chi connectivity index (χ3v) is 2.15. The minimum Gasteiger partial charge on any atom is -0.506 e. The number of aromatic nitrogens is 2. The van der Waals surface area contributed by atoms with E-state index in [4.69, 9.17) is 11.6 Å². The van der Waals surface area contributed by atoms with E-state index in [1.807, 2.05) is 0 Å². The number of phenolic OH excluding ortho intramolecular Hbond substituents is 1. The summed E-state index contributed by atoms with van der Waals surface area (Å²) in [7, 11) is 0. The van der Waals surface area contributed by atoms with Gasteiger partial charge in [-0.15, -0.1) is 0 Å². The van der Waals surface area contributed by atoms with Gasteiger partial charge < -0.3 is 5.11 Å². The predicted molar refractivity (Wildman–Crippen MR) is 50.9 cm³/mol. The molecular weight excluding hydrogens is 188 g/mol. The first-order chi connectivity index (χ1) is 6.18. The number of aromatic hydroxyl groups is 1. The molecular formula is C9H7ClN2O. The Labute approximate surface area is 80.0 Å². The van der Waals surface area contributed by atoms with Crippen LogP contribution in [-0.4, -0.2) is 15.1 Å². The maximum atomic E-state index is 9.43. The molecule has 0 saturated heterocycles. The number of halogens is 1. The molecule has 0 aliphatic carbocycles. The van der Waals surface area contributed by atoms with Crippen molar-refractivity contribution in [1.82, 2.24) is 9.97 Å². The van der Waals surface area contributed by atoms with E-state index in [1.165, 1.54) is 0 Å². The van der Waals surface area contributed by atoms with E-state index in [9.17, 15) is 5.11 Å². The Kier molecular flexibility index (Phi) is 1.81. The average molecular weight is 195 g/mol. The molecule has 0 aliphatic heterocycles. The van der Waals surface area contributed by atoms with Crippen LogP contribution < -0.4 is 0 Å². The fourth-order valence-corrected chi connectivity index (χ4v) is 1.26. The van der Waals surface area contributed by atoms with Crippen molar-refractivity contribution < 1.29 is 5.11 Å². The van der Waals surface area contributed by atoms with Crippen LogP contribution in [0.2, 0.25) is 5.15 Å². The molecule has 0 aliphatic rings. The molecule has 66 valence electrons. The Balaban J connectivity index is 2.89. The van der Waals surface area contributed by atoms with Crippen molar-refractivity contribution in [2.75, 3.05) is 0 Å². The van der Waals surface area contributed by atoms with Gasteiger partial charge in [0.2, 0.25) is 0 Å². The summed E-state index contributed by atoms with van der Waals surface area (Å²) in [5.74, 6) is 0.104. The van der Waals surface area contributed by atoms with Crippen LogP contribution in [0.5, 0.6) is 5.75 Å². The first kappa shape index (κ1) is 8.26. The maximum Gasteiger partial charge on any atom is 0.151 e. The highest BCUT2D eigenvalue weighted by Gasteiger charge is 2.05. The molecule has 1 heterocycles. The van der Waals surface area contributed by atoms with Crippen LogP contribution in [-0.2, 0) is 0 Å². The molecule has 2 rings (SSSR count). The van der Waals surface area contributed by atoms with Gasteiger partial charge in [0.25, 0.3) is 0 Å². The van der Waals surface area contributed by atoms with E-state index >= 15 is 0 Å². The average Bonchev–Trinajstić information content (AvgIpc) is 2.09. The maximum absolute atomic E-state index is 9.43. The van der Waals surface area contributed by atoms with Gasteiger partial charge in [-0.1, -0.05) is 17.7 Å². The molecule has 3 nitrogen and oxygen atoms in total. The van der Waals surface area contributed by atoms with E-state index in [-0.39, 0.29) is 5.75 Å². The van der Waals surface area contributed by atoms with Crippen LogP contribution >= 0.6 is 11.6 Å². The normalized spacial score (nSPS) is 10.6. The van der Waals surface area contributed by atoms with Crippen molar-refractivity contribution in [1.29, 1.82) is 0 Å². The van der Waals surface area contributed by atoms with Crippen LogP contribution in [0.3, 0.4) is 0 Å². The van der Waals surface area contributed by atoms with Crippen LogP contribution in [0.4, 0.5) is 0 Å². The van der Waals surface area contributed by atoms with E-state index in [1.54, 1.807) is 25.1 Å². The van der Waals surface area contributed by atoms with Gasteiger partial charge in [0, 0.05) is 0 Å². The van der Waals surface area contributed by atoms with Crippen molar-refractivity contribution in [2.45, 2.75) is 6.92 Å². The van der Waals surface area contributed by atoms with E-state index < -0.39 is 0 Å². The molecule has 1 aromatic heterocycles. The fraction of sp³-hybridized carbons (Fsp3) is 0.111. The molecule has 2 aromatic rings. The van der Waals surface area contributed by atoms with Crippen molar-refractivity contribution in [3.05, 3.63) is 29.0 Å². The molecule has 0 spiro atoms. The summed E-state index contributed by atoms with van der Waals surface area (Å²) in [5.41, 5.74) is 1.76. The minimum atomic E-state index is 0.104. The largest absolute Gasteiger partial charge is 0.506 e. The lowest BCUT2D eigenvalue weighted by Gasteiger charge is -2.01. The number of nitrogens with zero attached hydrogens (tertiary/aromatic N) is 2. The molecule has 13 heavy (non-hydrogen) atoms. The Bertz CT molecular complexity index is 470. The summed E-state index contributed by atoms with van der Waals surface area (Å²) in [4.78, 5) is 8.21. The summed E-state index contributed by atoms with van der Waals surface area (Å²) in [5, 5.41) is 9.75. The summed E-state index contributed by atoms with van der Waals surface area (Å²) >= 11 is 5.77. The van der Waals surface area contributed by atoms with Gasteiger partial charge in [-0.05, 0) is 19.1 Å². The van der Waals surface area contributed by atoms with Gasteiger partial charge in [-0.3, -0.25) is 0 Å². The highest BCUT2D eigenvalue weighted by atomic mass is 35.5. The van der Waals surface area contributed by atoms with Crippen molar-refractivity contribution >= 4 is 22.6 Å². The van der Waals surface area contributed by atoms with Gasteiger partial charge in [-0.25, -0.2) is 9.97 Å². The van der Waals surface area contributed by atoms with E-state index in [0.29, 0.717) is 21.9 Å². The quantitative estimate of drug-likeness (QED) is 0.700. The molecule has 0 atom stereocenters. The predicted octanol–water partition coefficient (Wildman–Crippen LogP) is 2.30. The van der Waals surface area contributed by atoms with Gasteiger partial charge in [0.15, 0.2) is 5.15 Å². The summed E-state index contributed by atoms with van der Waals surface area (Å²) in [6.07, 6.45) is 0. The lowest BCUT2D eigenvalue weighted by molar-refractivity contribution is 0.480. The van der Waals surface area contributed by atoms with Crippen LogP contribution in [0.1, 0.15) is 5.69 Å². The number of rotatable bonds is 0. The molecule has 4 heteroatoms. The van der Waals surface area contributed by atoms with Gasteiger partial charge in [-0.2, -0.15) is 0 Å². The molecule has 0 radical (unpaired) electrons. The zero-order valence-corrected chi connectivity index (χ0v) is 7.71. The molecule has 0 saturated carbocycles. The van der Waals surface area contributed by atoms with Crippen molar-refractivity contribution in [3.63, 3.8) is 0 Å². The Morgan fingerprint density at radius 3 is 2.85 bits per heavy atom. The Hall–Kier alpha value is -1.35. The topological polar surface area (TPSA) is 46.0 Å². The zero-order chi connectivity index (χ0) is 9.42. The smallest absolute Gasteiger partial charge is 0.151 e. The Morgan fingerprint density at radius 1 is 1.31 bits per heavy atom.